The number of nitrogens with zero attached hydrogens (tertiary/aromatic N) is 3. The molecule has 0 atom stereocenters. The van der Waals surface area contributed by atoms with Crippen LogP contribution in [0.2, 0.25) is 5.02 Å². The van der Waals surface area contributed by atoms with Gasteiger partial charge in [0.05, 0.1) is 5.52 Å². The summed E-state index contributed by atoms with van der Waals surface area (Å²) >= 11 is 5.98. The Labute approximate surface area is 200 Å². The molecule has 2 aromatic carbocycles. The summed E-state index contributed by atoms with van der Waals surface area (Å²) in [5, 5.41) is 1.88. The van der Waals surface area contributed by atoms with Gasteiger partial charge in [0.15, 0.2) is 0 Å². The molecule has 1 aliphatic heterocycles. The minimum absolute atomic E-state index is 0.729. The molecule has 5 rings (SSSR count). The molecule has 0 N–H and O–H groups in total. The Morgan fingerprint density at radius 3 is 2.39 bits per heavy atom. The van der Waals surface area contributed by atoms with Crippen LogP contribution in [-0.2, 0) is 0 Å². The van der Waals surface area contributed by atoms with E-state index < -0.39 is 0 Å². The number of aromatic nitrogens is 2. The average molecular weight is 452 g/mol. The molecule has 33 heavy (non-hydrogen) atoms. The van der Waals surface area contributed by atoms with Crippen LogP contribution in [-0.4, -0.2) is 23.1 Å². The Morgan fingerprint density at radius 2 is 1.67 bits per heavy atom. The fourth-order valence-electron chi connectivity index (χ4n) is 4.27. The van der Waals surface area contributed by atoms with Gasteiger partial charge >= 0.3 is 0 Å². The molecule has 0 unspecified atom stereocenters. The van der Waals surface area contributed by atoms with E-state index in [-0.39, 0.29) is 0 Å². The van der Waals surface area contributed by atoms with Crippen LogP contribution < -0.4 is 4.90 Å². The number of hydrogen-bond donors (Lipinski definition) is 0. The Morgan fingerprint density at radius 1 is 0.909 bits per heavy atom. The van der Waals surface area contributed by atoms with Gasteiger partial charge in [0, 0.05) is 40.8 Å². The van der Waals surface area contributed by atoms with Gasteiger partial charge in [-0.3, -0.25) is 0 Å². The highest BCUT2D eigenvalue weighted by Gasteiger charge is 2.17. The van der Waals surface area contributed by atoms with Crippen LogP contribution in [0.3, 0.4) is 0 Å². The number of piperidine rings is 1. The molecule has 0 bridgehead atoms. The molecule has 0 aliphatic carbocycles. The van der Waals surface area contributed by atoms with Gasteiger partial charge in [-0.25, -0.2) is 9.97 Å². The predicted octanol–water partition coefficient (Wildman–Crippen LogP) is 6.89. The maximum absolute atomic E-state index is 5.98. The third-order valence-electron chi connectivity index (χ3n) is 6.39. The lowest BCUT2D eigenvalue weighted by atomic mass is 9.99. The van der Waals surface area contributed by atoms with Gasteiger partial charge in [-0.1, -0.05) is 42.6 Å². The topological polar surface area (TPSA) is 29.0 Å². The summed E-state index contributed by atoms with van der Waals surface area (Å²) in [4.78, 5) is 11.9. The number of aryl methyl sites for hydroxylation is 1. The van der Waals surface area contributed by atoms with Crippen LogP contribution in [0.25, 0.3) is 22.0 Å². The Hall–Kier alpha value is -3.35. The molecule has 0 amide bonds. The van der Waals surface area contributed by atoms with Crippen molar-refractivity contribution in [1.82, 2.24) is 9.97 Å². The van der Waals surface area contributed by atoms with Gasteiger partial charge in [-0.15, -0.1) is 0 Å². The van der Waals surface area contributed by atoms with Crippen molar-refractivity contribution in [1.29, 1.82) is 0 Å². The molecule has 2 aromatic heterocycles. The maximum atomic E-state index is 5.98. The van der Waals surface area contributed by atoms with E-state index >= 15 is 0 Å². The monoisotopic (exact) mass is 451 g/mol. The number of fused-ring (bicyclic) bond motifs is 1. The van der Waals surface area contributed by atoms with Crippen molar-refractivity contribution in [2.75, 3.05) is 18.0 Å². The lowest BCUT2D eigenvalue weighted by molar-refractivity contribution is 0.437. The molecule has 3 nitrogen and oxygen atoms in total. The lowest BCUT2D eigenvalue weighted by Gasteiger charge is -2.31. The second-order valence-electron chi connectivity index (χ2n) is 8.89. The smallest absolute Gasteiger partial charge is 0.129 e. The van der Waals surface area contributed by atoms with E-state index in [9.17, 15) is 0 Å². The Kier molecular flexibility index (Phi) is 6.03. The Balaban J connectivity index is 1.36. The number of pyridine rings is 2. The molecular weight excluding hydrogens is 426 g/mol. The summed E-state index contributed by atoms with van der Waals surface area (Å²) < 4.78 is 0. The first-order valence-corrected chi connectivity index (χ1v) is 11.8. The Bertz CT molecular complexity index is 1340. The number of benzene rings is 2. The van der Waals surface area contributed by atoms with Crippen molar-refractivity contribution in [3.8, 4) is 23.0 Å². The van der Waals surface area contributed by atoms with Gasteiger partial charge < -0.3 is 4.90 Å². The molecular formula is C29H26ClN3. The van der Waals surface area contributed by atoms with Crippen molar-refractivity contribution in [3.63, 3.8) is 0 Å². The highest BCUT2D eigenvalue weighted by molar-refractivity contribution is 6.30. The summed E-state index contributed by atoms with van der Waals surface area (Å²) in [6, 6.07) is 20.2. The van der Waals surface area contributed by atoms with E-state index in [1.54, 1.807) is 0 Å². The summed E-state index contributed by atoms with van der Waals surface area (Å²) in [6.45, 7) is 6.68. The third kappa shape index (κ3) is 4.87. The van der Waals surface area contributed by atoms with Crippen molar-refractivity contribution < 1.29 is 0 Å². The zero-order valence-electron chi connectivity index (χ0n) is 19.0. The first kappa shape index (κ1) is 21.5. The van der Waals surface area contributed by atoms with E-state index in [1.165, 1.54) is 18.4 Å². The summed E-state index contributed by atoms with van der Waals surface area (Å²) in [7, 11) is 0. The standard InChI is InChI=1S/C29H26ClN3/c1-20-13-15-33(16-14-20)29-17-21(2)27-18-22(4-12-28(27)32-29)3-10-26-11-7-24(19-31-26)23-5-8-25(30)9-6-23/h4-9,11-12,17-20H,13-16H2,1-2H3. The summed E-state index contributed by atoms with van der Waals surface area (Å²) in [5.74, 6) is 8.36. The van der Waals surface area contributed by atoms with Crippen LogP contribution in [0.15, 0.2) is 66.9 Å². The highest BCUT2D eigenvalue weighted by Crippen LogP contribution is 2.27. The van der Waals surface area contributed by atoms with E-state index in [2.05, 4.69) is 53.8 Å². The molecule has 0 spiro atoms. The zero-order valence-corrected chi connectivity index (χ0v) is 19.7. The normalized spacial score (nSPS) is 14.2. The molecule has 4 aromatic rings. The minimum atomic E-state index is 0.729. The molecule has 0 radical (unpaired) electrons. The van der Waals surface area contributed by atoms with Crippen molar-refractivity contribution in [2.45, 2.75) is 26.7 Å². The van der Waals surface area contributed by atoms with Crippen LogP contribution in [0, 0.1) is 24.7 Å². The van der Waals surface area contributed by atoms with Gasteiger partial charge in [-0.2, -0.15) is 0 Å². The van der Waals surface area contributed by atoms with E-state index in [4.69, 9.17) is 16.6 Å². The fourth-order valence-corrected chi connectivity index (χ4v) is 4.40. The SMILES string of the molecule is Cc1cc(N2CCC(C)CC2)nc2ccc(C#Cc3ccc(-c4ccc(Cl)cc4)cn3)cc12. The fraction of sp³-hybridized carbons (Fsp3) is 0.241. The van der Waals surface area contributed by atoms with Gasteiger partial charge in [0.1, 0.15) is 11.5 Å². The van der Waals surface area contributed by atoms with Crippen LogP contribution >= 0.6 is 11.6 Å². The first-order chi connectivity index (χ1) is 16.0. The van der Waals surface area contributed by atoms with E-state index in [1.807, 2.05) is 48.7 Å². The van der Waals surface area contributed by atoms with Gasteiger partial charge in [0.2, 0.25) is 0 Å². The predicted molar refractivity (Wildman–Crippen MR) is 138 cm³/mol. The molecule has 1 fully saturated rings. The molecule has 0 saturated carbocycles. The van der Waals surface area contributed by atoms with E-state index in [0.29, 0.717) is 0 Å². The van der Waals surface area contributed by atoms with E-state index in [0.717, 1.165) is 63.1 Å². The van der Waals surface area contributed by atoms with Crippen LogP contribution in [0.4, 0.5) is 5.82 Å². The largest absolute Gasteiger partial charge is 0.357 e. The summed E-state index contributed by atoms with van der Waals surface area (Å²) in [5.41, 5.74) is 6.11. The van der Waals surface area contributed by atoms with Gasteiger partial charge in [0.25, 0.3) is 0 Å². The van der Waals surface area contributed by atoms with Gasteiger partial charge in [-0.05, 0) is 85.2 Å². The number of hydrogen-bond acceptors (Lipinski definition) is 3. The maximum Gasteiger partial charge on any atom is 0.129 e. The molecule has 3 heterocycles. The quantitative estimate of drug-likeness (QED) is 0.310. The van der Waals surface area contributed by atoms with Crippen molar-refractivity contribution in [3.05, 3.63) is 88.7 Å². The molecule has 164 valence electrons. The molecule has 4 heteroatoms. The number of halogens is 1. The van der Waals surface area contributed by atoms with Crippen LogP contribution in [0.5, 0.6) is 0 Å². The molecule has 1 aliphatic rings. The van der Waals surface area contributed by atoms with Crippen LogP contribution in [0.1, 0.15) is 36.6 Å². The third-order valence-corrected chi connectivity index (χ3v) is 6.64. The second kappa shape index (κ2) is 9.25. The highest BCUT2D eigenvalue weighted by atomic mass is 35.5. The van der Waals surface area contributed by atoms with Crippen molar-refractivity contribution in [2.24, 2.45) is 5.92 Å². The molecule has 1 saturated heterocycles. The first-order valence-electron chi connectivity index (χ1n) is 11.5. The summed E-state index contributed by atoms with van der Waals surface area (Å²) in [6.07, 6.45) is 4.33. The lowest BCUT2D eigenvalue weighted by Crippen LogP contribution is -2.33. The average Bonchev–Trinajstić information content (AvgIpc) is 2.84. The number of anilines is 1. The van der Waals surface area contributed by atoms with Crippen molar-refractivity contribution >= 4 is 28.3 Å². The minimum Gasteiger partial charge on any atom is -0.357 e. The zero-order chi connectivity index (χ0) is 22.8. The second-order valence-corrected chi connectivity index (χ2v) is 9.32. The number of rotatable bonds is 2.